The van der Waals surface area contributed by atoms with Gasteiger partial charge in [0.25, 0.3) is 0 Å². The molecule has 2 nitrogen and oxygen atoms in total. The van der Waals surface area contributed by atoms with E-state index in [1.54, 1.807) is 0 Å². The van der Waals surface area contributed by atoms with Crippen LogP contribution < -0.4 is 0 Å². The second kappa shape index (κ2) is 3.41. The first kappa shape index (κ1) is 9.75. The fourth-order valence-corrected chi connectivity index (χ4v) is 2.86. The molecule has 0 aromatic heterocycles. The Morgan fingerprint density at radius 1 is 1.50 bits per heavy atom. The third-order valence-electron chi connectivity index (χ3n) is 3.34. The number of ether oxygens (including phenoxy) is 1. The lowest BCUT2D eigenvalue weighted by Gasteiger charge is -2.36. The first-order chi connectivity index (χ1) is 6.62. The van der Waals surface area contributed by atoms with E-state index < -0.39 is 0 Å². The van der Waals surface area contributed by atoms with Crippen molar-refractivity contribution in [3.05, 3.63) is 11.6 Å². The Morgan fingerprint density at radius 2 is 2.29 bits per heavy atom. The summed E-state index contributed by atoms with van der Waals surface area (Å²) in [6, 6.07) is 0. The van der Waals surface area contributed by atoms with Crippen molar-refractivity contribution < 1.29 is 9.53 Å². The summed E-state index contributed by atoms with van der Waals surface area (Å²) in [6.07, 6.45) is 7.24. The summed E-state index contributed by atoms with van der Waals surface area (Å²) in [5.74, 6) is 0.566. The predicted molar refractivity (Wildman–Crippen MR) is 54.8 cm³/mol. The highest BCUT2D eigenvalue weighted by Crippen LogP contribution is 2.45. The lowest BCUT2D eigenvalue weighted by atomic mass is 9.83. The van der Waals surface area contributed by atoms with Crippen LogP contribution in [0, 0.1) is 5.92 Å². The zero-order chi connectivity index (χ0) is 10.2. The number of carbonyl (C=O) groups excluding carboxylic acids is 1. The minimum absolute atomic E-state index is 0.0133. The topological polar surface area (TPSA) is 26.3 Å². The smallest absolute Gasteiger partial charge is 0.306 e. The molecule has 2 fully saturated rings. The molecule has 0 N–H and O–H groups in total. The molecule has 2 aliphatic rings. The summed E-state index contributed by atoms with van der Waals surface area (Å²) in [5, 5.41) is 0. The highest BCUT2D eigenvalue weighted by atomic mass is 16.6. The molecular formula is C12H18O2. The quantitative estimate of drug-likeness (QED) is 0.474. The molecule has 0 aromatic carbocycles. The van der Waals surface area contributed by atoms with Gasteiger partial charge in [0.15, 0.2) is 0 Å². The Bertz CT molecular complexity index is 276. The van der Waals surface area contributed by atoms with Gasteiger partial charge in [-0.1, -0.05) is 5.57 Å². The van der Waals surface area contributed by atoms with Crippen molar-refractivity contribution in [2.75, 3.05) is 0 Å². The number of hydrogen-bond acceptors (Lipinski definition) is 2. The first-order valence-corrected chi connectivity index (χ1v) is 5.50. The summed E-state index contributed by atoms with van der Waals surface area (Å²) in [5.41, 5.74) is 1.03. The fourth-order valence-electron chi connectivity index (χ4n) is 2.86. The summed E-state index contributed by atoms with van der Waals surface area (Å²) >= 11 is 0. The molecular weight excluding hydrogens is 176 g/mol. The van der Waals surface area contributed by atoms with Crippen molar-refractivity contribution in [2.24, 2.45) is 5.92 Å². The van der Waals surface area contributed by atoms with Crippen molar-refractivity contribution in [1.29, 1.82) is 0 Å². The second-order valence-corrected chi connectivity index (χ2v) is 4.78. The number of rotatable bonds is 1. The third kappa shape index (κ3) is 1.58. The summed E-state index contributed by atoms with van der Waals surface area (Å²) in [7, 11) is 0. The van der Waals surface area contributed by atoms with Gasteiger partial charge in [0.05, 0.1) is 0 Å². The van der Waals surface area contributed by atoms with E-state index in [0.29, 0.717) is 12.3 Å². The van der Waals surface area contributed by atoms with Crippen molar-refractivity contribution in [1.82, 2.24) is 0 Å². The number of fused-ring (bicyclic) bond motifs is 1. The van der Waals surface area contributed by atoms with E-state index in [9.17, 15) is 4.79 Å². The van der Waals surface area contributed by atoms with E-state index in [-0.39, 0.29) is 11.6 Å². The highest BCUT2D eigenvalue weighted by molar-refractivity contribution is 5.71. The van der Waals surface area contributed by atoms with Gasteiger partial charge in [-0.25, -0.2) is 0 Å². The third-order valence-corrected chi connectivity index (χ3v) is 3.34. The molecule has 0 radical (unpaired) electrons. The average Bonchev–Trinajstić information content (AvgIpc) is 2.44. The van der Waals surface area contributed by atoms with E-state index in [0.717, 1.165) is 12.8 Å². The Hall–Kier alpha value is -0.790. The molecule has 1 heterocycles. The monoisotopic (exact) mass is 194 g/mol. The zero-order valence-corrected chi connectivity index (χ0v) is 9.01. The molecule has 0 amide bonds. The molecule has 0 unspecified atom stereocenters. The molecule has 2 atom stereocenters. The molecule has 1 saturated heterocycles. The Kier molecular flexibility index (Phi) is 2.38. The van der Waals surface area contributed by atoms with Gasteiger partial charge >= 0.3 is 5.97 Å². The zero-order valence-electron chi connectivity index (χ0n) is 9.01. The normalized spacial score (nSPS) is 36.1. The van der Waals surface area contributed by atoms with Crippen LogP contribution in [0.15, 0.2) is 11.6 Å². The predicted octanol–water partition coefficient (Wildman–Crippen LogP) is 2.83. The van der Waals surface area contributed by atoms with Gasteiger partial charge in [-0.05, 0) is 45.6 Å². The number of esters is 1. The van der Waals surface area contributed by atoms with Crippen LogP contribution in [0.3, 0.4) is 0 Å². The van der Waals surface area contributed by atoms with Gasteiger partial charge in [0, 0.05) is 12.3 Å². The fraction of sp³-hybridized carbons (Fsp3) is 0.750. The van der Waals surface area contributed by atoms with Crippen LogP contribution in [0.1, 0.15) is 46.0 Å². The Balaban J connectivity index is 2.27. The van der Waals surface area contributed by atoms with Crippen LogP contribution >= 0.6 is 0 Å². The van der Waals surface area contributed by atoms with E-state index in [1.807, 2.05) is 0 Å². The lowest BCUT2D eigenvalue weighted by molar-refractivity contribution is -0.165. The first-order valence-electron chi connectivity index (χ1n) is 5.50. The average molecular weight is 194 g/mol. The van der Waals surface area contributed by atoms with Crippen molar-refractivity contribution in [2.45, 2.75) is 51.6 Å². The summed E-state index contributed by atoms with van der Waals surface area (Å²) in [4.78, 5) is 11.3. The molecule has 1 saturated carbocycles. The molecule has 2 rings (SSSR count). The van der Waals surface area contributed by atoms with Crippen LogP contribution in [0.25, 0.3) is 0 Å². The van der Waals surface area contributed by atoms with Gasteiger partial charge in [0.1, 0.15) is 5.60 Å². The standard InChI is InChI=1S/C12H18O2/c1-9(2)8-12-7-3-4-10(12)5-6-11(13)14-12/h8,10H,3-7H2,1-2H3/t10-,12+/m0/s1. The van der Waals surface area contributed by atoms with E-state index >= 15 is 0 Å². The molecule has 2 heteroatoms. The molecule has 1 aliphatic heterocycles. The molecule has 0 aromatic rings. The maximum atomic E-state index is 11.3. The van der Waals surface area contributed by atoms with Crippen molar-refractivity contribution >= 4 is 5.97 Å². The molecule has 1 aliphatic carbocycles. The van der Waals surface area contributed by atoms with Gasteiger partial charge in [-0.15, -0.1) is 0 Å². The number of hydrogen-bond donors (Lipinski definition) is 0. The van der Waals surface area contributed by atoms with Crippen molar-refractivity contribution in [3.63, 3.8) is 0 Å². The van der Waals surface area contributed by atoms with Crippen molar-refractivity contribution in [3.8, 4) is 0 Å². The van der Waals surface area contributed by atoms with E-state index in [1.165, 1.54) is 18.4 Å². The van der Waals surface area contributed by atoms with E-state index in [2.05, 4.69) is 19.9 Å². The number of allylic oxidation sites excluding steroid dienone is 1. The van der Waals surface area contributed by atoms with Crippen LogP contribution in [-0.2, 0) is 9.53 Å². The minimum Gasteiger partial charge on any atom is -0.454 e. The number of carbonyl (C=O) groups is 1. The summed E-state index contributed by atoms with van der Waals surface area (Å²) < 4.78 is 5.59. The van der Waals surface area contributed by atoms with Gasteiger partial charge in [-0.2, -0.15) is 0 Å². The maximum Gasteiger partial charge on any atom is 0.306 e. The van der Waals surface area contributed by atoms with Crippen LogP contribution in [0.5, 0.6) is 0 Å². The summed E-state index contributed by atoms with van der Waals surface area (Å²) in [6.45, 7) is 4.15. The van der Waals surface area contributed by atoms with Crippen LogP contribution in [0.2, 0.25) is 0 Å². The Labute approximate surface area is 85.3 Å². The van der Waals surface area contributed by atoms with Crippen LogP contribution in [0.4, 0.5) is 0 Å². The lowest BCUT2D eigenvalue weighted by Crippen LogP contribution is -2.41. The van der Waals surface area contributed by atoms with Gasteiger partial charge in [0.2, 0.25) is 0 Å². The molecule has 78 valence electrons. The molecule has 14 heavy (non-hydrogen) atoms. The van der Waals surface area contributed by atoms with E-state index in [4.69, 9.17) is 4.74 Å². The SMILES string of the molecule is CC(C)=C[C@]12CCC[C@H]1CCC(=O)O2. The minimum atomic E-state index is -0.228. The van der Waals surface area contributed by atoms with Crippen LogP contribution in [-0.4, -0.2) is 11.6 Å². The van der Waals surface area contributed by atoms with Gasteiger partial charge in [-0.3, -0.25) is 4.79 Å². The molecule has 0 spiro atoms. The largest absolute Gasteiger partial charge is 0.454 e. The van der Waals surface area contributed by atoms with Gasteiger partial charge < -0.3 is 4.74 Å². The second-order valence-electron chi connectivity index (χ2n) is 4.78. The Morgan fingerprint density at radius 3 is 3.00 bits per heavy atom. The highest BCUT2D eigenvalue weighted by Gasteiger charge is 2.47. The molecule has 0 bridgehead atoms. The maximum absolute atomic E-state index is 11.3.